The second kappa shape index (κ2) is 7.45. The topological polar surface area (TPSA) is 98.3 Å². The molecule has 1 aliphatic heterocycles. The van der Waals surface area contributed by atoms with Crippen molar-refractivity contribution in [1.29, 1.82) is 5.26 Å². The molecule has 112 valence electrons. The van der Waals surface area contributed by atoms with E-state index in [0.717, 1.165) is 31.9 Å². The number of rotatable bonds is 5. The van der Waals surface area contributed by atoms with Crippen LogP contribution in [0.4, 0.5) is 11.5 Å². The smallest absolute Gasteiger partial charge is 0.234 e. The molecule has 7 heteroatoms. The Kier molecular flexibility index (Phi) is 5.35. The van der Waals surface area contributed by atoms with E-state index in [2.05, 4.69) is 20.1 Å². The standard InChI is InChI=1S/C14H20N6O/c15-4-1-5-17-14(21)11-19-6-8-20(9-7-19)12-2-3-13(16)18-10-12/h2-3,10H,1,5-9,11H2,(H2,16,18)(H,17,21). The lowest BCUT2D eigenvalue weighted by Crippen LogP contribution is -2.49. The second-order valence-electron chi connectivity index (χ2n) is 4.96. The molecule has 2 rings (SSSR count). The highest BCUT2D eigenvalue weighted by molar-refractivity contribution is 5.78. The number of amides is 1. The van der Waals surface area contributed by atoms with E-state index in [1.807, 2.05) is 12.1 Å². The quantitative estimate of drug-likeness (QED) is 0.729. The molecule has 0 unspecified atom stereocenters. The van der Waals surface area contributed by atoms with E-state index in [0.29, 0.717) is 25.3 Å². The van der Waals surface area contributed by atoms with Gasteiger partial charge >= 0.3 is 0 Å². The molecule has 0 atom stereocenters. The summed E-state index contributed by atoms with van der Waals surface area (Å²) >= 11 is 0. The van der Waals surface area contributed by atoms with Crippen molar-refractivity contribution in [2.45, 2.75) is 6.42 Å². The first-order valence-electron chi connectivity index (χ1n) is 7.01. The Morgan fingerprint density at radius 3 is 2.76 bits per heavy atom. The molecule has 0 bridgehead atoms. The number of anilines is 2. The van der Waals surface area contributed by atoms with Crippen molar-refractivity contribution >= 4 is 17.4 Å². The average molecular weight is 288 g/mol. The third-order valence-electron chi connectivity index (χ3n) is 3.43. The number of nitrogens with one attached hydrogen (secondary N) is 1. The molecule has 1 aromatic heterocycles. The van der Waals surface area contributed by atoms with E-state index in [4.69, 9.17) is 11.0 Å². The molecule has 0 aliphatic carbocycles. The van der Waals surface area contributed by atoms with Crippen molar-refractivity contribution in [2.24, 2.45) is 0 Å². The van der Waals surface area contributed by atoms with Gasteiger partial charge in [-0.05, 0) is 12.1 Å². The first-order valence-corrected chi connectivity index (χ1v) is 7.01. The zero-order valence-electron chi connectivity index (χ0n) is 12.0. The van der Waals surface area contributed by atoms with Gasteiger partial charge in [-0.3, -0.25) is 9.69 Å². The number of piperazine rings is 1. The van der Waals surface area contributed by atoms with Gasteiger partial charge in [0.05, 0.1) is 30.9 Å². The highest BCUT2D eigenvalue weighted by Crippen LogP contribution is 2.15. The summed E-state index contributed by atoms with van der Waals surface area (Å²) in [5.74, 6) is 0.499. The molecule has 21 heavy (non-hydrogen) atoms. The van der Waals surface area contributed by atoms with E-state index in [-0.39, 0.29) is 5.91 Å². The normalized spacial score (nSPS) is 15.5. The number of nitrogens with two attached hydrogens (primary N) is 1. The minimum atomic E-state index is -0.0205. The number of nitrogens with zero attached hydrogens (tertiary/aromatic N) is 4. The number of nitriles is 1. The Hall–Kier alpha value is -2.33. The van der Waals surface area contributed by atoms with Gasteiger partial charge < -0.3 is 16.0 Å². The van der Waals surface area contributed by atoms with E-state index >= 15 is 0 Å². The van der Waals surface area contributed by atoms with Gasteiger partial charge in [-0.25, -0.2) is 4.98 Å². The zero-order valence-corrected chi connectivity index (χ0v) is 12.0. The first-order chi connectivity index (χ1) is 10.2. The second-order valence-corrected chi connectivity index (χ2v) is 4.96. The van der Waals surface area contributed by atoms with Crippen LogP contribution in [-0.4, -0.2) is 55.1 Å². The Morgan fingerprint density at radius 1 is 1.38 bits per heavy atom. The van der Waals surface area contributed by atoms with Crippen LogP contribution in [0.5, 0.6) is 0 Å². The maximum Gasteiger partial charge on any atom is 0.234 e. The molecule has 1 amide bonds. The lowest BCUT2D eigenvalue weighted by molar-refractivity contribution is -0.122. The van der Waals surface area contributed by atoms with Gasteiger partial charge in [-0.2, -0.15) is 5.26 Å². The number of nitrogen functional groups attached to an aromatic ring is 1. The Balaban J connectivity index is 1.74. The predicted molar refractivity (Wildman–Crippen MR) is 80.5 cm³/mol. The van der Waals surface area contributed by atoms with Crippen molar-refractivity contribution < 1.29 is 4.79 Å². The number of carbonyl (C=O) groups excluding carboxylic acids is 1. The van der Waals surface area contributed by atoms with Gasteiger partial charge in [0.2, 0.25) is 5.91 Å². The van der Waals surface area contributed by atoms with Gasteiger partial charge in [-0.15, -0.1) is 0 Å². The molecule has 3 N–H and O–H groups in total. The van der Waals surface area contributed by atoms with Crippen LogP contribution in [0, 0.1) is 11.3 Å². The number of hydrogen-bond donors (Lipinski definition) is 2. The van der Waals surface area contributed by atoms with Crippen molar-refractivity contribution in [1.82, 2.24) is 15.2 Å². The maximum absolute atomic E-state index is 11.7. The predicted octanol–water partition coefficient (Wildman–Crippen LogP) is -0.184. The van der Waals surface area contributed by atoms with Crippen molar-refractivity contribution in [3.63, 3.8) is 0 Å². The van der Waals surface area contributed by atoms with Crippen LogP contribution >= 0.6 is 0 Å². The summed E-state index contributed by atoms with van der Waals surface area (Å²) in [4.78, 5) is 20.1. The third-order valence-corrected chi connectivity index (χ3v) is 3.43. The van der Waals surface area contributed by atoms with Gasteiger partial charge in [-0.1, -0.05) is 0 Å². The third kappa shape index (κ3) is 4.61. The van der Waals surface area contributed by atoms with Crippen LogP contribution in [0.3, 0.4) is 0 Å². The van der Waals surface area contributed by atoms with Crippen LogP contribution in [0.15, 0.2) is 18.3 Å². The molecule has 7 nitrogen and oxygen atoms in total. The van der Waals surface area contributed by atoms with Gasteiger partial charge in [0.25, 0.3) is 0 Å². The first kappa shape index (κ1) is 15.1. The highest BCUT2D eigenvalue weighted by Gasteiger charge is 2.19. The van der Waals surface area contributed by atoms with E-state index in [1.165, 1.54) is 0 Å². The van der Waals surface area contributed by atoms with Crippen LogP contribution < -0.4 is 16.0 Å². The highest BCUT2D eigenvalue weighted by atomic mass is 16.2. The van der Waals surface area contributed by atoms with Crippen LogP contribution in [-0.2, 0) is 4.79 Å². The number of aromatic nitrogens is 1. The van der Waals surface area contributed by atoms with E-state index in [1.54, 1.807) is 12.3 Å². The largest absolute Gasteiger partial charge is 0.384 e. The Labute approximate surface area is 124 Å². The molecule has 0 radical (unpaired) electrons. The molecule has 1 aromatic rings. The zero-order chi connectivity index (χ0) is 15.1. The molecule has 1 fully saturated rings. The fourth-order valence-corrected chi connectivity index (χ4v) is 2.27. The SMILES string of the molecule is N#CCCNC(=O)CN1CCN(c2ccc(N)nc2)CC1. The minimum Gasteiger partial charge on any atom is -0.384 e. The maximum atomic E-state index is 11.7. The Bertz CT molecular complexity index is 501. The van der Waals surface area contributed by atoms with E-state index < -0.39 is 0 Å². The van der Waals surface area contributed by atoms with Gasteiger partial charge in [0.1, 0.15) is 5.82 Å². The summed E-state index contributed by atoms with van der Waals surface area (Å²) in [5, 5.41) is 11.2. The molecule has 0 aromatic carbocycles. The fraction of sp³-hybridized carbons (Fsp3) is 0.500. The lowest BCUT2D eigenvalue weighted by atomic mass is 10.2. The molecule has 2 heterocycles. The molecular weight excluding hydrogens is 268 g/mol. The minimum absolute atomic E-state index is 0.0205. The Morgan fingerprint density at radius 2 is 2.14 bits per heavy atom. The monoisotopic (exact) mass is 288 g/mol. The molecular formula is C14H20N6O. The van der Waals surface area contributed by atoms with Crippen LogP contribution in [0.1, 0.15) is 6.42 Å². The molecule has 0 spiro atoms. The van der Waals surface area contributed by atoms with Gasteiger partial charge in [0, 0.05) is 32.7 Å². The summed E-state index contributed by atoms with van der Waals surface area (Å²) < 4.78 is 0. The van der Waals surface area contributed by atoms with Crippen molar-refractivity contribution in [2.75, 3.05) is 49.9 Å². The number of hydrogen-bond acceptors (Lipinski definition) is 6. The van der Waals surface area contributed by atoms with E-state index in [9.17, 15) is 4.79 Å². The summed E-state index contributed by atoms with van der Waals surface area (Å²) in [6, 6.07) is 5.77. The molecule has 1 saturated heterocycles. The van der Waals surface area contributed by atoms with Crippen LogP contribution in [0.2, 0.25) is 0 Å². The number of pyridine rings is 1. The summed E-state index contributed by atoms with van der Waals surface area (Å²) in [6.45, 7) is 4.19. The van der Waals surface area contributed by atoms with Gasteiger partial charge in [0.15, 0.2) is 0 Å². The van der Waals surface area contributed by atoms with Crippen LogP contribution in [0.25, 0.3) is 0 Å². The number of carbonyl (C=O) groups is 1. The summed E-state index contributed by atoms with van der Waals surface area (Å²) in [5.41, 5.74) is 6.64. The van der Waals surface area contributed by atoms with Crippen molar-refractivity contribution in [3.05, 3.63) is 18.3 Å². The molecule has 0 saturated carbocycles. The summed E-state index contributed by atoms with van der Waals surface area (Å²) in [6.07, 6.45) is 2.13. The summed E-state index contributed by atoms with van der Waals surface area (Å²) in [7, 11) is 0. The fourth-order valence-electron chi connectivity index (χ4n) is 2.27. The van der Waals surface area contributed by atoms with Crippen molar-refractivity contribution in [3.8, 4) is 6.07 Å². The molecule has 1 aliphatic rings. The lowest BCUT2D eigenvalue weighted by Gasteiger charge is -2.35. The average Bonchev–Trinajstić information content (AvgIpc) is 2.49.